The van der Waals surface area contributed by atoms with E-state index in [9.17, 15) is 4.79 Å². The SMILES string of the molecule is CN1CCN(c2cc(NC(=O)CC(c3ccccc3)c3ccccc3)ncn2)CC1. The van der Waals surface area contributed by atoms with Gasteiger partial charge in [-0.2, -0.15) is 0 Å². The summed E-state index contributed by atoms with van der Waals surface area (Å²) in [5.41, 5.74) is 2.25. The smallest absolute Gasteiger partial charge is 0.226 e. The number of anilines is 2. The van der Waals surface area contributed by atoms with Crippen LogP contribution >= 0.6 is 0 Å². The van der Waals surface area contributed by atoms with Crippen LogP contribution in [0, 0.1) is 0 Å². The molecule has 1 amide bonds. The van der Waals surface area contributed by atoms with Gasteiger partial charge in [-0.15, -0.1) is 0 Å². The number of amides is 1. The summed E-state index contributed by atoms with van der Waals surface area (Å²) in [5, 5.41) is 2.97. The maximum atomic E-state index is 12.9. The van der Waals surface area contributed by atoms with Gasteiger partial charge in [0.15, 0.2) is 0 Å². The number of aromatic nitrogens is 2. The number of benzene rings is 2. The Labute approximate surface area is 177 Å². The van der Waals surface area contributed by atoms with Crippen LogP contribution in [0.15, 0.2) is 73.1 Å². The first-order chi connectivity index (χ1) is 14.7. The lowest BCUT2D eigenvalue weighted by Gasteiger charge is -2.33. The third kappa shape index (κ3) is 5.02. The second-order valence-electron chi connectivity index (χ2n) is 7.68. The fourth-order valence-corrected chi connectivity index (χ4v) is 3.80. The summed E-state index contributed by atoms with van der Waals surface area (Å²) >= 11 is 0. The molecular weight excluding hydrogens is 374 g/mol. The maximum Gasteiger partial charge on any atom is 0.226 e. The molecular formula is C24H27N5O. The molecule has 0 saturated carbocycles. The maximum absolute atomic E-state index is 12.9. The molecule has 1 aliphatic heterocycles. The van der Waals surface area contributed by atoms with E-state index in [2.05, 4.69) is 56.4 Å². The minimum absolute atomic E-state index is 0.00802. The molecule has 1 saturated heterocycles. The fourth-order valence-electron chi connectivity index (χ4n) is 3.80. The van der Waals surface area contributed by atoms with Crippen molar-refractivity contribution in [1.29, 1.82) is 0 Å². The van der Waals surface area contributed by atoms with Crippen LogP contribution in [0.2, 0.25) is 0 Å². The molecule has 0 aliphatic carbocycles. The van der Waals surface area contributed by atoms with Gasteiger partial charge in [0, 0.05) is 44.6 Å². The van der Waals surface area contributed by atoms with E-state index in [4.69, 9.17) is 0 Å². The van der Waals surface area contributed by atoms with Crippen LogP contribution in [0.1, 0.15) is 23.5 Å². The van der Waals surface area contributed by atoms with Gasteiger partial charge >= 0.3 is 0 Å². The van der Waals surface area contributed by atoms with Crippen molar-refractivity contribution in [2.24, 2.45) is 0 Å². The molecule has 0 bridgehead atoms. The first kappa shape index (κ1) is 20.0. The molecule has 4 rings (SSSR count). The number of carbonyl (C=O) groups excluding carboxylic acids is 1. The van der Waals surface area contributed by atoms with Crippen molar-refractivity contribution >= 4 is 17.5 Å². The van der Waals surface area contributed by atoms with Crippen LogP contribution in [0.4, 0.5) is 11.6 Å². The zero-order chi connectivity index (χ0) is 20.8. The summed E-state index contributed by atoms with van der Waals surface area (Å²) in [6, 6.07) is 22.2. The van der Waals surface area contributed by atoms with Crippen molar-refractivity contribution in [2.45, 2.75) is 12.3 Å². The lowest BCUT2D eigenvalue weighted by Crippen LogP contribution is -2.44. The number of carbonyl (C=O) groups is 1. The van der Waals surface area contributed by atoms with Gasteiger partial charge < -0.3 is 15.1 Å². The van der Waals surface area contributed by atoms with Gasteiger partial charge in [-0.1, -0.05) is 60.7 Å². The zero-order valence-corrected chi connectivity index (χ0v) is 17.2. The van der Waals surface area contributed by atoms with Crippen LogP contribution in [-0.4, -0.2) is 54.0 Å². The van der Waals surface area contributed by atoms with E-state index in [0.29, 0.717) is 12.2 Å². The Morgan fingerprint density at radius 3 is 2.13 bits per heavy atom. The highest BCUT2D eigenvalue weighted by molar-refractivity contribution is 5.91. The number of hydrogen-bond acceptors (Lipinski definition) is 5. The standard InChI is InChI=1S/C24H27N5O/c1-28-12-14-29(15-13-28)23-17-22(25-18-26-23)27-24(30)16-21(19-8-4-2-5-9-19)20-10-6-3-7-11-20/h2-11,17-18,21H,12-16H2,1H3,(H,25,26,27,30). The van der Waals surface area contributed by atoms with E-state index in [0.717, 1.165) is 43.1 Å². The van der Waals surface area contributed by atoms with Crippen molar-refractivity contribution in [2.75, 3.05) is 43.4 Å². The second kappa shape index (κ2) is 9.50. The number of piperazine rings is 1. The molecule has 2 aromatic carbocycles. The van der Waals surface area contributed by atoms with Gasteiger partial charge in [0.25, 0.3) is 0 Å². The fraction of sp³-hybridized carbons (Fsp3) is 0.292. The van der Waals surface area contributed by atoms with Crippen LogP contribution < -0.4 is 10.2 Å². The summed E-state index contributed by atoms with van der Waals surface area (Å²) in [6.07, 6.45) is 1.87. The normalized spacial score (nSPS) is 14.7. The van der Waals surface area contributed by atoms with E-state index in [1.165, 1.54) is 6.33 Å². The largest absolute Gasteiger partial charge is 0.354 e. The first-order valence-corrected chi connectivity index (χ1v) is 10.3. The number of hydrogen-bond donors (Lipinski definition) is 1. The highest BCUT2D eigenvalue weighted by Gasteiger charge is 2.20. The van der Waals surface area contributed by atoms with Crippen molar-refractivity contribution in [1.82, 2.24) is 14.9 Å². The van der Waals surface area contributed by atoms with Gasteiger partial charge in [0.05, 0.1) is 0 Å². The van der Waals surface area contributed by atoms with Crippen molar-refractivity contribution in [3.8, 4) is 0 Å². The third-order valence-corrected chi connectivity index (χ3v) is 5.54. The van der Waals surface area contributed by atoms with Gasteiger partial charge in [-0.3, -0.25) is 4.79 Å². The summed E-state index contributed by atoms with van der Waals surface area (Å²) in [5.74, 6) is 1.34. The minimum Gasteiger partial charge on any atom is -0.354 e. The topological polar surface area (TPSA) is 61.4 Å². The molecule has 154 valence electrons. The average molecular weight is 402 g/mol. The Kier molecular flexibility index (Phi) is 6.35. The van der Waals surface area contributed by atoms with E-state index in [1.807, 2.05) is 42.5 Å². The summed E-state index contributed by atoms with van der Waals surface area (Å²) in [4.78, 5) is 26.1. The molecule has 3 aromatic rings. The van der Waals surface area contributed by atoms with Gasteiger partial charge in [0.1, 0.15) is 18.0 Å². The highest BCUT2D eigenvalue weighted by atomic mass is 16.1. The molecule has 0 radical (unpaired) electrons. The molecule has 1 N–H and O–H groups in total. The van der Waals surface area contributed by atoms with Crippen molar-refractivity contribution in [3.05, 3.63) is 84.2 Å². The van der Waals surface area contributed by atoms with Gasteiger partial charge in [-0.05, 0) is 18.2 Å². The molecule has 0 spiro atoms. The molecule has 2 heterocycles. The lowest BCUT2D eigenvalue weighted by molar-refractivity contribution is -0.116. The zero-order valence-electron chi connectivity index (χ0n) is 17.2. The number of nitrogens with zero attached hydrogens (tertiary/aromatic N) is 4. The van der Waals surface area contributed by atoms with E-state index in [-0.39, 0.29) is 11.8 Å². The number of likely N-dealkylation sites (N-methyl/N-ethyl adjacent to an activating group) is 1. The van der Waals surface area contributed by atoms with Crippen LogP contribution in [0.3, 0.4) is 0 Å². The van der Waals surface area contributed by atoms with E-state index in [1.54, 1.807) is 0 Å². The Balaban J connectivity index is 1.47. The summed E-state index contributed by atoms with van der Waals surface area (Å²) in [6.45, 7) is 3.85. The van der Waals surface area contributed by atoms with Gasteiger partial charge in [0.2, 0.25) is 5.91 Å². The molecule has 1 aromatic heterocycles. The van der Waals surface area contributed by atoms with Gasteiger partial charge in [-0.25, -0.2) is 9.97 Å². The van der Waals surface area contributed by atoms with Crippen LogP contribution in [0.25, 0.3) is 0 Å². The van der Waals surface area contributed by atoms with E-state index >= 15 is 0 Å². The number of nitrogens with one attached hydrogen (secondary N) is 1. The number of rotatable bonds is 6. The Bertz CT molecular complexity index is 916. The molecule has 6 heteroatoms. The van der Waals surface area contributed by atoms with Crippen LogP contribution in [0.5, 0.6) is 0 Å². The minimum atomic E-state index is -0.0595. The molecule has 0 unspecified atom stereocenters. The molecule has 0 atom stereocenters. The molecule has 1 aliphatic rings. The summed E-state index contributed by atoms with van der Waals surface area (Å²) < 4.78 is 0. The predicted molar refractivity (Wildman–Crippen MR) is 120 cm³/mol. The van der Waals surface area contributed by atoms with Crippen LogP contribution in [-0.2, 0) is 4.79 Å². The Morgan fingerprint density at radius 2 is 1.53 bits per heavy atom. The molecule has 1 fully saturated rings. The lowest BCUT2D eigenvalue weighted by atomic mass is 9.88. The third-order valence-electron chi connectivity index (χ3n) is 5.54. The van der Waals surface area contributed by atoms with Crippen molar-refractivity contribution in [3.63, 3.8) is 0 Å². The quantitative estimate of drug-likeness (QED) is 0.686. The van der Waals surface area contributed by atoms with E-state index < -0.39 is 0 Å². The monoisotopic (exact) mass is 401 g/mol. The average Bonchev–Trinajstić information content (AvgIpc) is 2.79. The second-order valence-corrected chi connectivity index (χ2v) is 7.68. The first-order valence-electron chi connectivity index (χ1n) is 10.3. The predicted octanol–water partition coefficient (Wildman–Crippen LogP) is 3.39. The molecule has 6 nitrogen and oxygen atoms in total. The highest BCUT2D eigenvalue weighted by Crippen LogP contribution is 2.28. The van der Waals surface area contributed by atoms with Crippen molar-refractivity contribution < 1.29 is 4.79 Å². The Hall–Kier alpha value is -3.25. The summed E-state index contributed by atoms with van der Waals surface area (Å²) in [7, 11) is 2.12. The Morgan fingerprint density at radius 1 is 0.933 bits per heavy atom. The molecule has 30 heavy (non-hydrogen) atoms.